The summed E-state index contributed by atoms with van der Waals surface area (Å²) in [6.07, 6.45) is 5.37. The number of unbranched alkanes of at least 4 members (excludes halogenated alkanes) is 1. The summed E-state index contributed by atoms with van der Waals surface area (Å²) in [6, 6.07) is 5.39. The van der Waals surface area contributed by atoms with Gasteiger partial charge in [0.2, 0.25) is 0 Å². The first-order valence-electron chi connectivity index (χ1n) is 7.39. The largest absolute Gasteiger partial charge is 0.338 e. The molecule has 2 aromatic rings. The Morgan fingerprint density at radius 3 is 2.91 bits per heavy atom. The van der Waals surface area contributed by atoms with Gasteiger partial charge in [0.05, 0.1) is 0 Å². The molecule has 118 valence electrons. The van der Waals surface area contributed by atoms with Crippen molar-refractivity contribution in [1.29, 1.82) is 0 Å². The van der Waals surface area contributed by atoms with Crippen LogP contribution in [-0.2, 0) is 7.05 Å². The lowest BCUT2D eigenvalue weighted by atomic mass is 10.1. The molecular formula is C16H21FN4O. The number of benzene rings is 1. The van der Waals surface area contributed by atoms with Crippen LogP contribution in [0.2, 0.25) is 0 Å². The highest BCUT2D eigenvalue weighted by atomic mass is 19.1. The van der Waals surface area contributed by atoms with E-state index in [1.165, 1.54) is 12.1 Å². The van der Waals surface area contributed by atoms with Crippen LogP contribution in [0.15, 0.2) is 36.7 Å². The van der Waals surface area contributed by atoms with E-state index < -0.39 is 6.04 Å². The molecule has 6 heteroatoms. The van der Waals surface area contributed by atoms with Crippen molar-refractivity contribution in [3.8, 4) is 0 Å². The van der Waals surface area contributed by atoms with E-state index in [1.807, 2.05) is 11.6 Å². The third-order valence-electron chi connectivity index (χ3n) is 3.39. The number of carbonyl (C=O) groups excluding carboxylic acids is 1. The van der Waals surface area contributed by atoms with Crippen LogP contribution < -0.4 is 10.6 Å². The maximum Gasteiger partial charge on any atom is 0.315 e. The van der Waals surface area contributed by atoms with Gasteiger partial charge < -0.3 is 15.2 Å². The highest BCUT2D eigenvalue weighted by Crippen LogP contribution is 2.21. The smallest absolute Gasteiger partial charge is 0.315 e. The number of amides is 2. The molecule has 1 aromatic carbocycles. The van der Waals surface area contributed by atoms with E-state index in [9.17, 15) is 9.18 Å². The molecule has 0 radical (unpaired) electrons. The third kappa shape index (κ3) is 4.07. The molecule has 0 fully saturated rings. The maximum absolute atomic E-state index is 13.5. The zero-order valence-electron chi connectivity index (χ0n) is 12.8. The highest BCUT2D eigenvalue weighted by molar-refractivity contribution is 5.74. The molecule has 1 atom stereocenters. The van der Waals surface area contributed by atoms with E-state index in [-0.39, 0.29) is 11.8 Å². The lowest BCUT2D eigenvalue weighted by Gasteiger charge is -2.19. The Hall–Kier alpha value is -2.37. The van der Waals surface area contributed by atoms with Crippen molar-refractivity contribution in [2.24, 2.45) is 7.05 Å². The minimum Gasteiger partial charge on any atom is -0.338 e. The average Bonchev–Trinajstić information content (AvgIpc) is 2.91. The van der Waals surface area contributed by atoms with Gasteiger partial charge in [-0.25, -0.2) is 14.2 Å². The van der Waals surface area contributed by atoms with Crippen molar-refractivity contribution in [1.82, 2.24) is 20.2 Å². The molecule has 2 amide bonds. The number of rotatable bonds is 6. The van der Waals surface area contributed by atoms with Gasteiger partial charge in [0.15, 0.2) is 0 Å². The van der Waals surface area contributed by atoms with Crippen molar-refractivity contribution < 1.29 is 9.18 Å². The Labute approximate surface area is 129 Å². The zero-order valence-corrected chi connectivity index (χ0v) is 12.8. The summed E-state index contributed by atoms with van der Waals surface area (Å²) in [6.45, 7) is 2.67. The number of nitrogens with one attached hydrogen (secondary N) is 2. The molecule has 0 bridgehead atoms. The fourth-order valence-corrected chi connectivity index (χ4v) is 2.20. The van der Waals surface area contributed by atoms with Crippen molar-refractivity contribution in [3.63, 3.8) is 0 Å². The van der Waals surface area contributed by atoms with Crippen LogP contribution in [0.4, 0.5) is 9.18 Å². The van der Waals surface area contributed by atoms with Gasteiger partial charge in [0.25, 0.3) is 0 Å². The first-order valence-corrected chi connectivity index (χ1v) is 7.39. The Kier molecular flexibility index (Phi) is 5.52. The third-order valence-corrected chi connectivity index (χ3v) is 3.39. The first kappa shape index (κ1) is 16.0. The number of hydrogen-bond acceptors (Lipinski definition) is 2. The fraction of sp³-hybridized carbons (Fsp3) is 0.375. The summed E-state index contributed by atoms with van der Waals surface area (Å²) in [7, 11) is 1.84. The number of hydrogen-bond donors (Lipinski definition) is 2. The van der Waals surface area contributed by atoms with Gasteiger partial charge in [-0.3, -0.25) is 0 Å². The van der Waals surface area contributed by atoms with Crippen LogP contribution in [-0.4, -0.2) is 22.1 Å². The zero-order chi connectivity index (χ0) is 15.9. The molecule has 2 N–H and O–H groups in total. The number of aromatic nitrogens is 2. The number of halogens is 1. The quantitative estimate of drug-likeness (QED) is 0.806. The fourth-order valence-electron chi connectivity index (χ4n) is 2.20. The molecule has 0 aliphatic carbocycles. The van der Waals surface area contributed by atoms with E-state index in [2.05, 4.69) is 22.5 Å². The van der Waals surface area contributed by atoms with Gasteiger partial charge in [0, 0.05) is 26.0 Å². The second-order valence-electron chi connectivity index (χ2n) is 5.14. The molecule has 2 rings (SSSR count). The molecule has 5 nitrogen and oxygen atoms in total. The second-order valence-corrected chi connectivity index (χ2v) is 5.14. The number of nitrogens with zero attached hydrogens (tertiary/aromatic N) is 2. The van der Waals surface area contributed by atoms with Crippen molar-refractivity contribution in [2.45, 2.75) is 25.8 Å². The van der Waals surface area contributed by atoms with Gasteiger partial charge in [-0.05, 0) is 24.1 Å². The van der Waals surface area contributed by atoms with Gasteiger partial charge in [-0.15, -0.1) is 0 Å². The summed E-state index contributed by atoms with van der Waals surface area (Å²) >= 11 is 0. The number of urea groups is 1. The first-order chi connectivity index (χ1) is 10.6. The summed E-state index contributed by atoms with van der Waals surface area (Å²) in [5.74, 6) is 0.307. The Bertz CT molecular complexity index is 626. The molecule has 22 heavy (non-hydrogen) atoms. The standard InChI is InChI=1S/C16H21FN4O/c1-3-4-8-19-16(22)20-14(15-18-9-10-21(15)2)12-6-5-7-13(17)11-12/h5-7,9-11,14H,3-4,8H2,1-2H3,(H2,19,20,22)/t14-/m0/s1. The number of aryl methyl sites for hydroxylation is 1. The van der Waals surface area contributed by atoms with Crippen molar-refractivity contribution in [2.75, 3.05) is 6.54 Å². The van der Waals surface area contributed by atoms with E-state index >= 15 is 0 Å². The van der Waals surface area contributed by atoms with Crippen LogP contribution in [0, 0.1) is 5.82 Å². The van der Waals surface area contributed by atoms with Crippen LogP contribution in [0.1, 0.15) is 37.2 Å². The molecule has 1 aromatic heterocycles. The van der Waals surface area contributed by atoms with Gasteiger partial charge >= 0.3 is 6.03 Å². The monoisotopic (exact) mass is 304 g/mol. The van der Waals surface area contributed by atoms with Gasteiger partial charge in [0.1, 0.15) is 17.7 Å². The van der Waals surface area contributed by atoms with E-state index in [0.29, 0.717) is 17.9 Å². The van der Waals surface area contributed by atoms with Gasteiger partial charge in [-0.2, -0.15) is 0 Å². The average molecular weight is 304 g/mol. The number of carbonyl (C=O) groups is 1. The van der Waals surface area contributed by atoms with Crippen molar-refractivity contribution >= 4 is 6.03 Å². The predicted octanol–water partition coefficient (Wildman–Crippen LogP) is 2.75. The Morgan fingerprint density at radius 2 is 2.27 bits per heavy atom. The predicted molar refractivity (Wildman–Crippen MR) is 82.9 cm³/mol. The van der Waals surface area contributed by atoms with E-state index in [0.717, 1.165) is 12.8 Å². The SMILES string of the molecule is CCCCNC(=O)N[C@@H](c1cccc(F)c1)c1nccn1C. The summed E-state index contributed by atoms with van der Waals surface area (Å²) in [5.41, 5.74) is 0.653. The maximum atomic E-state index is 13.5. The summed E-state index contributed by atoms with van der Waals surface area (Å²) in [4.78, 5) is 16.3. The molecule has 0 saturated heterocycles. The molecule has 0 saturated carbocycles. The highest BCUT2D eigenvalue weighted by Gasteiger charge is 2.20. The van der Waals surface area contributed by atoms with E-state index in [1.54, 1.807) is 24.5 Å². The molecular weight excluding hydrogens is 283 g/mol. The van der Waals surface area contributed by atoms with Gasteiger partial charge in [-0.1, -0.05) is 25.5 Å². The second kappa shape index (κ2) is 7.59. The molecule has 0 unspecified atom stereocenters. The lowest BCUT2D eigenvalue weighted by molar-refractivity contribution is 0.238. The van der Waals surface area contributed by atoms with Crippen LogP contribution in [0.25, 0.3) is 0 Å². The van der Waals surface area contributed by atoms with Crippen LogP contribution in [0.3, 0.4) is 0 Å². The van der Waals surface area contributed by atoms with E-state index in [4.69, 9.17) is 0 Å². The summed E-state index contributed by atoms with van der Waals surface area (Å²) < 4.78 is 15.3. The molecule has 0 aliphatic heterocycles. The summed E-state index contributed by atoms with van der Waals surface area (Å²) in [5, 5.41) is 5.66. The topological polar surface area (TPSA) is 59.0 Å². The normalized spacial score (nSPS) is 12.0. The van der Waals surface area contributed by atoms with Crippen LogP contribution in [0.5, 0.6) is 0 Å². The van der Waals surface area contributed by atoms with Crippen LogP contribution >= 0.6 is 0 Å². The van der Waals surface area contributed by atoms with Crippen molar-refractivity contribution in [3.05, 3.63) is 53.9 Å². The number of imidazole rings is 1. The molecule has 0 spiro atoms. The lowest BCUT2D eigenvalue weighted by Crippen LogP contribution is -2.39. The minimum atomic E-state index is -0.502. The Morgan fingerprint density at radius 1 is 1.45 bits per heavy atom. The molecule has 1 heterocycles. The Balaban J connectivity index is 2.19. The molecule has 0 aliphatic rings. The minimum absolute atomic E-state index is 0.286.